The third-order valence-electron chi connectivity index (χ3n) is 4.78. The molecule has 0 aliphatic carbocycles. The number of benzene rings is 2. The van der Waals surface area contributed by atoms with Crippen molar-refractivity contribution in [3.63, 3.8) is 0 Å². The van der Waals surface area contributed by atoms with E-state index in [-0.39, 0.29) is 11.6 Å². The summed E-state index contributed by atoms with van der Waals surface area (Å²) in [7, 11) is 0. The van der Waals surface area contributed by atoms with Gasteiger partial charge in [-0.25, -0.2) is 9.67 Å². The fourth-order valence-corrected chi connectivity index (χ4v) is 3.36. The Morgan fingerprint density at radius 1 is 1.17 bits per heavy atom. The van der Waals surface area contributed by atoms with Gasteiger partial charge in [0.1, 0.15) is 0 Å². The Morgan fingerprint density at radius 3 is 2.57 bits per heavy atom. The summed E-state index contributed by atoms with van der Waals surface area (Å²) in [5.74, 6) is 0.386. The zero-order chi connectivity index (χ0) is 21.4. The van der Waals surface area contributed by atoms with E-state index in [2.05, 4.69) is 24.3 Å². The first-order chi connectivity index (χ1) is 14.3. The Balaban J connectivity index is 1.76. The van der Waals surface area contributed by atoms with E-state index in [4.69, 9.17) is 4.98 Å². The number of hydrogen-bond donors (Lipinski definition) is 1. The first kappa shape index (κ1) is 19.5. The van der Waals surface area contributed by atoms with Crippen LogP contribution in [0.4, 0.5) is 11.5 Å². The lowest BCUT2D eigenvalue weighted by Gasteiger charge is -2.06. The number of rotatable bonds is 5. The number of anilines is 1. The molecule has 0 fully saturated rings. The highest BCUT2D eigenvalue weighted by atomic mass is 16.6. The lowest BCUT2D eigenvalue weighted by molar-refractivity contribution is -0.384. The Labute approximate surface area is 172 Å². The molecule has 8 nitrogen and oxygen atoms in total. The van der Waals surface area contributed by atoms with Crippen LogP contribution < -0.4 is 5.32 Å². The molecule has 1 amide bonds. The van der Waals surface area contributed by atoms with Crippen LogP contribution in [0.1, 0.15) is 29.8 Å². The summed E-state index contributed by atoms with van der Waals surface area (Å²) in [5, 5.41) is 20.0. The molecule has 0 spiro atoms. The number of pyridine rings is 1. The minimum atomic E-state index is -0.498. The molecule has 0 bridgehead atoms. The number of aromatic nitrogens is 3. The quantitative estimate of drug-likeness (QED) is 0.384. The first-order valence-electron chi connectivity index (χ1n) is 9.65. The molecule has 1 N–H and O–H groups in total. The molecule has 0 saturated carbocycles. The molecule has 0 aliphatic rings. The number of carbonyl (C=O) groups excluding carboxylic acids is 1. The Hall–Kier alpha value is -3.81. The van der Waals surface area contributed by atoms with Crippen LogP contribution in [-0.2, 0) is 6.54 Å². The van der Waals surface area contributed by atoms with Crippen LogP contribution in [-0.4, -0.2) is 25.6 Å². The van der Waals surface area contributed by atoms with Crippen LogP contribution in [0.15, 0.2) is 48.5 Å². The molecule has 2 heterocycles. The summed E-state index contributed by atoms with van der Waals surface area (Å²) >= 11 is 0. The summed E-state index contributed by atoms with van der Waals surface area (Å²) in [5.41, 5.74) is 2.95. The van der Waals surface area contributed by atoms with Crippen molar-refractivity contribution >= 4 is 39.3 Å². The van der Waals surface area contributed by atoms with Crippen LogP contribution in [0.2, 0.25) is 0 Å². The summed E-state index contributed by atoms with van der Waals surface area (Å²) in [4.78, 5) is 27.8. The number of non-ortho nitro benzene ring substituents is 1. The van der Waals surface area contributed by atoms with Gasteiger partial charge >= 0.3 is 0 Å². The van der Waals surface area contributed by atoms with Gasteiger partial charge in [-0.3, -0.25) is 14.9 Å². The highest BCUT2D eigenvalue weighted by molar-refractivity contribution is 6.09. The van der Waals surface area contributed by atoms with Gasteiger partial charge in [-0.1, -0.05) is 25.5 Å². The van der Waals surface area contributed by atoms with Crippen molar-refractivity contribution in [1.29, 1.82) is 0 Å². The van der Waals surface area contributed by atoms with E-state index in [0.717, 1.165) is 21.9 Å². The average molecular weight is 403 g/mol. The molecule has 4 aromatic rings. The van der Waals surface area contributed by atoms with Gasteiger partial charge in [0.15, 0.2) is 11.5 Å². The predicted octanol–water partition coefficient (Wildman–Crippen LogP) is 4.71. The van der Waals surface area contributed by atoms with Crippen LogP contribution in [0, 0.1) is 23.0 Å². The van der Waals surface area contributed by atoms with Gasteiger partial charge in [0.05, 0.1) is 15.8 Å². The number of nitro benzene ring substituents is 1. The molecule has 0 unspecified atom stereocenters. The molecule has 2 aromatic carbocycles. The topological polar surface area (TPSA) is 103 Å². The van der Waals surface area contributed by atoms with Crippen molar-refractivity contribution in [3.05, 3.63) is 69.8 Å². The van der Waals surface area contributed by atoms with E-state index in [0.29, 0.717) is 29.5 Å². The number of aryl methyl sites for hydroxylation is 1. The molecule has 2 aromatic heterocycles. The largest absolute Gasteiger partial charge is 0.305 e. The second-order valence-electron chi connectivity index (χ2n) is 7.74. The monoisotopic (exact) mass is 403 g/mol. The number of hydrogen-bond acceptors (Lipinski definition) is 5. The van der Waals surface area contributed by atoms with Crippen molar-refractivity contribution < 1.29 is 9.72 Å². The number of carbonyl (C=O) groups is 1. The number of amides is 1. The Bertz CT molecular complexity index is 1280. The molecule has 0 aliphatic heterocycles. The summed E-state index contributed by atoms with van der Waals surface area (Å²) in [6.07, 6.45) is 0. The predicted molar refractivity (Wildman–Crippen MR) is 116 cm³/mol. The lowest BCUT2D eigenvalue weighted by atomic mass is 10.1. The van der Waals surface area contributed by atoms with Crippen molar-refractivity contribution in [1.82, 2.24) is 14.8 Å². The third kappa shape index (κ3) is 3.71. The lowest BCUT2D eigenvalue weighted by Crippen LogP contribution is -2.13. The molecule has 0 radical (unpaired) electrons. The van der Waals surface area contributed by atoms with Crippen LogP contribution in [0.5, 0.6) is 0 Å². The number of fused-ring (bicyclic) bond motifs is 2. The minimum Gasteiger partial charge on any atom is -0.305 e. The third-order valence-corrected chi connectivity index (χ3v) is 4.78. The van der Waals surface area contributed by atoms with E-state index in [1.54, 1.807) is 0 Å². The van der Waals surface area contributed by atoms with E-state index in [9.17, 15) is 14.9 Å². The number of nitro groups is 1. The van der Waals surface area contributed by atoms with Gasteiger partial charge in [-0.2, -0.15) is 5.10 Å². The molecule has 152 valence electrons. The maximum absolute atomic E-state index is 12.7. The standard InChI is InChI=1S/C22H21N5O3/c1-13(2)12-26-21-18(11-16-10-14(3)4-9-19(16)23-21)20(25-26)24-22(28)15-5-7-17(8-6-15)27(29)30/h4-11,13H,12H2,1-3H3,(H,24,25,28). The van der Waals surface area contributed by atoms with E-state index >= 15 is 0 Å². The highest BCUT2D eigenvalue weighted by Gasteiger charge is 2.17. The van der Waals surface area contributed by atoms with Crippen molar-refractivity contribution in [2.75, 3.05) is 5.32 Å². The van der Waals surface area contributed by atoms with Gasteiger partial charge < -0.3 is 5.32 Å². The Morgan fingerprint density at radius 2 is 1.90 bits per heavy atom. The van der Waals surface area contributed by atoms with Crippen LogP contribution >= 0.6 is 0 Å². The zero-order valence-electron chi connectivity index (χ0n) is 16.9. The highest BCUT2D eigenvalue weighted by Crippen LogP contribution is 2.27. The zero-order valence-corrected chi connectivity index (χ0v) is 16.9. The number of nitrogens with zero attached hydrogens (tertiary/aromatic N) is 4. The Kier molecular flexibility index (Phi) is 4.91. The fraction of sp³-hybridized carbons (Fsp3) is 0.227. The van der Waals surface area contributed by atoms with Gasteiger partial charge in [-0.15, -0.1) is 0 Å². The van der Waals surface area contributed by atoms with Gasteiger partial charge in [-0.05, 0) is 43.2 Å². The van der Waals surface area contributed by atoms with E-state index in [1.165, 1.54) is 24.3 Å². The second-order valence-corrected chi connectivity index (χ2v) is 7.74. The van der Waals surface area contributed by atoms with Crippen molar-refractivity contribution in [2.24, 2.45) is 5.92 Å². The number of nitrogens with one attached hydrogen (secondary N) is 1. The smallest absolute Gasteiger partial charge is 0.269 e. The fourth-order valence-electron chi connectivity index (χ4n) is 3.36. The molecular weight excluding hydrogens is 382 g/mol. The van der Waals surface area contributed by atoms with Crippen LogP contribution in [0.25, 0.3) is 21.9 Å². The van der Waals surface area contributed by atoms with Crippen molar-refractivity contribution in [3.8, 4) is 0 Å². The molecule has 0 atom stereocenters. The van der Waals surface area contributed by atoms with Crippen LogP contribution in [0.3, 0.4) is 0 Å². The SMILES string of the molecule is Cc1ccc2nc3c(cc2c1)c(NC(=O)c1ccc([N+](=O)[O-])cc1)nn3CC(C)C. The maximum atomic E-state index is 12.7. The molecule has 4 rings (SSSR count). The van der Waals surface area contributed by atoms with E-state index < -0.39 is 4.92 Å². The molecule has 30 heavy (non-hydrogen) atoms. The van der Waals surface area contributed by atoms with Gasteiger partial charge in [0.25, 0.3) is 11.6 Å². The maximum Gasteiger partial charge on any atom is 0.269 e. The minimum absolute atomic E-state index is 0.0655. The van der Waals surface area contributed by atoms with Crippen molar-refractivity contribution in [2.45, 2.75) is 27.3 Å². The molecule has 8 heteroatoms. The van der Waals surface area contributed by atoms with E-state index in [1.807, 2.05) is 35.9 Å². The summed E-state index contributed by atoms with van der Waals surface area (Å²) in [6, 6.07) is 13.5. The summed E-state index contributed by atoms with van der Waals surface area (Å²) < 4.78 is 1.81. The molecule has 0 saturated heterocycles. The normalized spacial score (nSPS) is 11.3. The summed E-state index contributed by atoms with van der Waals surface area (Å²) in [6.45, 7) is 6.86. The van der Waals surface area contributed by atoms with Gasteiger partial charge in [0, 0.05) is 29.6 Å². The first-order valence-corrected chi connectivity index (χ1v) is 9.65. The average Bonchev–Trinajstić information content (AvgIpc) is 3.01. The van der Waals surface area contributed by atoms with Gasteiger partial charge in [0.2, 0.25) is 0 Å². The second kappa shape index (κ2) is 7.55. The molecular formula is C22H21N5O3.